The minimum absolute atomic E-state index is 0.0146. The highest BCUT2D eigenvalue weighted by Crippen LogP contribution is 2.26. The lowest BCUT2D eigenvalue weighted by atomic mass is 10.1. The van der Waals surface area contributed by atoms with Crippen molar-refractivity contribution in [2.24, 2.45) is 0 Å². The van der Waals surface area contributed by atoms with Crippen LogP contribution in [0.1, 0.15) is 24.1 Å². The molecular formula is C15H22N2O2. The fourth-order valence-electron chi connectivity index (χ4n) is 1.66. The molecule has 1 aromatic rings. The lowest BCUT2D eigenvalue weighted by Crippen LogP contribution is -2.29. The number of rotatable bonds is 7. The van der Waals surface area contributed by atoms with Crippen molar-refractivity contribution in [1.82, 2.24) is 10.6 Å². The van der Waals surface area contributed by atoms with Gasteiger partial charge in [-0.05, 0) is 32.5 Å². The molecule has 0 aliphatic carbocycles. The molecule has 1 rings (SSSR count). The molecular weight excluding hydrogens is 240 g/mol. The van der Waals surface area contributed by atoms with Crippen molar-refractivity contribution in [3.05, 3.63) is 42.0 Å². The van der Waals surface area contributed by atoms with Crippen molar-refractivity contribution in [3.63, 3.8) is 0 Å². The van der Waals surface area contributed by atoms with Gasteiger partial charge in [-0.25, -0.2) is 0 Å². The summed E-state index contributed by atoms with van der Waals surface area (Å²) in [7, 11) is 1.89. The van der Waals surface area contributed by atoms with Gasteiger partial charge in [0, 0.05) is 18.2 Å². The van der Waals surface area contributed by atoms with Gasteiger partial charge in [-0.15, -0.1) is 6.58 Å². The molecule has 0 aliphatic rings. The fraction of sp³-hybridized carbons (Fsp3) is 0.400. The van der Waals surface area contributed by atoms with Crippen LogP contribution in [-0.2, 0) is 4.79 Å². The Hall–Kier alpha value is -1.81. The molecule has 1 aromatic carbocycles. The van der Waals surface area contributed by atoms with Crippen molar-refractivity contribution < 1.29 is 9.53 Å². The van der Waals surface area contributed by atoms with Gasteiger partial charge >= 0.3 is 0 Å². The summed E-state index contributed by atoms with van der Waals surface area (Å²) in [5.41, 5.74) is 2.15. The Labute approximate surface area is 114 Å². The molecule has 0 saturated heterocycles. The molecule has 2 N–H and O–H groups in total. The first kappa shape index (κ1) is 15.2. The van der Waals surface area contributed by atoms with Gasteiger partial charge in [-0.1, -0.05) is 18.2 Å². The molecule has 4 heteroatoms. The molecule has 4 nitrogen and oxygen atoms in total. The Balaban J connectivity index is 2.73. The summed E-state index contributed by atoms with van der Waals surface area (Å²) < 4.78 is 5.61. The first-order valence-corrected chi connectivity index (χ1v) is 6.36. The highest BCUT2D eigenvalue weighted by molar-refractivity contribution is 5.77. The van der Waals surface area contributed by atoms with Gasteiger partial charge in [0.2, 0.25) is 0 Å². The lowest BCUT2D eigenvalue weighted by Gasteiger charge is -2.17. The van der Waals surface area contributed by atoms with Gasteiger partial charge in [0.25, 0.3) is 5.91 Å². The van der Waals surface area contributed by atoms with Crippen LogP contribution in [0.15, 0.2) is 30.9 Å². The van der Waals surface area contributed by atoms with Crippen LogP contribution in [0.5, 0.6) is 5.75 Å². The van der Waals surface area contributed by atoms with Crippen LogP contribution in [-0.4, -0.2) is 26.1 Å². The maximum atomic E-state index is 11.5. The molecule has 104 valence electrons. The number of carbonyl (C=O) groups is 1. The Kier molecular flexibility index (Phi) is 6.09. The van der Waals surface area contributed by atoms with E-state index in [4.69, 9.17) is 4.74 Å². The SMILES string of the molecule is C=CCNC(=O)COc1cc(C)ccc1C(C)NC. The van der Waals surface area contributed by atoms with Gasteiger partial charge in [-0.3, -0.25) is 4.79 Å². The van der Waals surface area contributed by atoms with Gasteiger partial charge in [-0.2, -0.15) is 0 Å². The minimum Gasteiger partial charge on any atom is -0.483 e. The Morgan fingerprint density at radius 3 is 2.89 bits per heavy atom. The quantitative estimate of drug-likeness (QED) is 0.739. The van der Waals surface area contributed by atoms with E-state index < -0.39 is 0 Å². The predicted octanol–water partition coefficient (Wildman–Crippen LogP) is 1.96. The number of ether oxygens (including phenoxy) is 1. The molecule has 0 radical (unpaired) electrons. The van der Waals surface area contributed by atoms with Crippen molar-refractivity contribution in [2.75, 3.05) is 20.2 Å². The molecule has 0 fully saturated rings. The zero-order chi connectivity index (χ0) is 14.3. The molecule has 0 heterocycles. The summed E-state index contributed by atoms with van der Waals surface area (Å²) in [5, 5.41) is 5.85. The Morgan fingerprint density at radius 2 is 2.26 bits per heavy atom. The number of hydrogen-bond donors (Lipinski definition) is 2. The van der Waals surface area contributed by atoms with Crippen LogP contribution in [0.4, 0.5) is 0 Å². The molecule has 1 atom stereocenters. The average molecular weight is 262 g/mol. The molecule has 0 spiro atoms. The number of hydrogen-bond acceptors (Lipinski definition) is 3. The summed E-state index contributed by atoms with van der Waals surface area (Å²) in [4.78, 5) is 11.5. The van der Waals surface area contributed by atoms with E-state index in [0.717, 1.165) is 16.9 Å². The van der Waals surface area contributed by atoms with E-state index in [1.54, 1.807) is 6.08 Å². The van der Waals surface area contributed by atoms with Crippen LogP contribution in [0.3, 0.4) is 0 Å². The minimum atomic E-state index is -0.149. The van der Waals surface area contributed by atoms with Gasteiger partial charge in [0.1, 0.15) is 5.75 Å². The molecule has 0 saturated carbocycles. The van der Waals surface area contributed by atoms with Gasteiger partial charge < -0.3 is 15.4 Å². The molecule has 0 aliphatic heterocycles. The fourth-order valence-corrected chi connectivity index (χ4v) is 1.66. The highest BCUT2D eigenvalue weighted by atomic mass is 16.5. The number of amides is 1. The predicted molar refractivity (Wildman–Crippen MR) is 77.4 cm³/mol. The maximum absolute atomic E-state index is 11.5. The van der Waals surface area contributed by atoms with E-state index in [9.17, 15) is 4.79 Å². The molecule has 19 heavy (non-hydrogen) atoms. The Bertz CT molecular complexity index is 444. The third kappa shape index (κ3) is 4.75. The summed E-state index contributed by atoms with van der Waals surface area (Å²) in [6.07, 6.45) is 1.64. The number of carbonyl (C=O) groups excluding carboxylic acids is 1. The second kappa shape index (κ2) is 7.59. The number of nitrogens with one attached hydrogen (secondary N) is 2. The smallest absolute Gasteiger partial charge is 0.258 e. The molecule has 1 unspecified atom stereocenters. The van der Waals surface area contributed by atoms with Crippen molar-refractivity contribution in [2.45, 2.75) is 19.9 Å². The summed E-state index contributed by atoms with van der Waals surface area (Å²) in [5.74, 6) is 0.597. The molecule has 0 aromatic heterocycles. The highest BCUT2D eigenvalue weighted by Gasteiger charge is 2.11. The summed E-state index contributed by atoms with van der Waals surface area (Å²) >= 11 is 0. The van der Waals surface area contributed by atoms with E-state index in [-0.39, 0.29) is 18.6 Å². The van der Waals surface area contributed by atoms with Crippen molar-refractivity contribution in [3.8, 4) is 5.75 Å². The van der Waals surface area contributed by atoms with Crippen LogP contribution in [0, 0.1) is 6.92 Å². The molecule has 0 bridgehead atoms. The first-order chi connectivity index (χ1) is 9.08. The van der Waals surface area contributed by atoms with Crippen molar-refractivity contribution >= 4 is 5.91 Å². The lowest BCUT2D eigenvalue weighted by molar-refractivity contribution is -0.122. The third-order valence-electron chi connectivity index (χ3n) is 2.87. The summed E-state index contributed by atoms with van der Waals surface area (Å²) in [6.45, 7) is 8.07. The van der Waals surface area contributed by atoms with Crippen LogP contribution in [0.25, 0.3) is 0 Å². The number of aryl methyl sites for hydroxylation is 1. The van der Waals surface area contributed by atoms with Gasteiger partial charge in [0.05, 0.1) is 0 Å². The second-order valence-electron chi connectivity index (χ2n) is 4.43. The number of benzene rings is 1. The van der Waals surface area contributed by atoms with Crippen LogP contribution in [0.2, 0.25) is 0 Å². The van der Waals surface area contributed by atoms with E-state index in [1.165, 1.54) is 0 Å². The standard InChI is InChI=1S/C15H22N2O2/c1-5-8-17-15(18)10-19-14-9-11(2)6-7-13(14)12(3)16-4/h5-7,9,12,16H,1,8,10H2,2-4H3,(H,17,18). The summed E-state index contributed by atoms with van der Waals surface area (Å²) in [6, 6.07) is 6.18. The van der Waals surface area contributed by atoms with Crippen LogP contribution < -0.4 is 15.4 Å². The van der Waals surface area contributed by atoms with Gasteiger partial charge in [0.15, 0.2) is 6.61 Å². The Morgan fingerprint density at radius 1 is 1.53 bits per heavy atom. The topological polar surface area (TPSA) is 50.4 Å². The monoisotopic (exact) mass is 262 g/mol. The zero-order valence-corrected chi connectivity index (χ0v) is 11.8. The second-order valence-corrected chi connectivity index (χ2v) is 4.43. The zero-order valence-electron chi connectivity index (χ0n) is 11.8. The largest absolute Gasteiger partial charge is 0.483 e. The van der Waals surface area contributed by atoms with E-state index in [0.29, 0.717) is 6.54 Å². The van der Waals surface area contributed by atoms with E-state index in [1.807, 2.05) is 32.2 Å². The normalized spacial score (nSPS) is 11.7. The third-order valence-corrected chi connectivity index (χ3v) is 2.87. The van der Waals surface area contributed by atoms with E-state index in [2.05, 4.69) is 24.1 Å². The average Bonchev–Trinajstić information content (AvgIpc) is 2.42. The molecule has 1 amide bonds. The van der Waals surface area contributed by atoms with E-state index >= 15 is 0 Å². The first-order valence-electron chi connectivity index (χ1n) is 6.36. The van der Waals surface area contributed by atoms with Crippen molar-refractivity contribution in [1.29, 1.82) is 0 Å². The van der Waals surface area contributed by atoms with Crippen LogP contribution >= 0.6 is 0 Å². The maximum Gasteiger partial charge on any atom is 0.258 e.